The maximum absolute atomic E-state index is 12.3. The Kier molecular flexibility index (Phi) is 4.20. The van der Waals surface area contributed by atoms with Crippen molar-refractivity contribution in [2.45, 2.75) is 19.4 Å². The first-order chi connectivity index (χ1) is 11.2. The Labute approximate surface area is 132 Å². The van der Waals surface area contributed by atoms with Crippen molar-refractivity contribution < 1.29 is 14.8 Å². The van der Waals surface area contributed by atoms with E-state index < -0.39 is 5.91 Å². The minimum Gasteiger partial charge on any atom is -0.320 e. The summed E-state index contributed by atoms with van der Waals surface area (Å²) in [5.41, 5.74) is 4.18. The molecule has 0 unspecified atom stereocenters. The van der Waals surface area contributed by atoms with Crippen LogP contribution < -0.4 is 10.8 Å². The van der Waals surface area contributed by atoms with Crippen LogP contribution in [-0.2, 0) is 17.8 Å². The van der Waals surface area contributed by atoms with Crippen molar-refractivity contribution >= 4 is 23.6 Å². The number of hydrogen-bond acceptors (Lipinski definition) is 4. The van der Waals surface area contributed by atoms with Crippen molar-refractivity contribution in [2.24, 2.45) is 0 Å². The number of para-hydroxylation sites is 1. The maximum Gasteiger partial charge on any atom is 0.276 e. The number of rotatable bonds is 4. The molecule has 0 saturated carbocycles. The molecular weight excluding hydrogens is 296 g/mol. The number of nitrogens with zero attached hydrogens (tertiary/aromatic N) is 2. The van der Waals surface area contributed by atoms with Gasteiger partial charge in [0, 0.05) is 24.0 Å². The van der Waals surface area contributed by atoms with Crippen LogP contribution >= 0.6 is 0 Å². The highest BCUT2D eigenvalue weighted by Gasteiger charge is 2.18. The molecule has 7 heteroatoms. The van der Waals surface area contributed by atoms with E-state index in [1.54, 1.807) is 30.3 Å². The number of benzene rings is 1. The number of carbonyl (C=O) groups is 2. The van der Waals surface area contributed by atoms with Crippen molar-refractivity contribution in [3.63, 3.8) is 0 Å². The highest BCUT2D eigenvalue weighted by Crippen LogP contribution is 2.19. The minimum atomic E-state index is -0.642. The predicted molar refractivity (Wildman–Crippen MR) is 83.9 cm³/mol. The number of aromatic nitrogens is 2. The molecule has 1 aliphatic rings. The molecule has 23 heavy (non-hydrogen) atoms. The normalized spacial score (nSPS) is 13.1. The summed E-state index contributed by atoms with van der Waals surface area (Å²) in [7, 11) is 0. The van der Waals surface area contributed by atoms with Crippen LogP contribution in [0.3, 0.4) is 0 Å². The molecule has 2 aromatic rings. The van der Waals surface area contributed by atoms with Gasteiger partial charge in [0.15, 0.2) is 5.69 Å². The number of aryl methyl sites for hydroxylation is 2. The average Bonchev–Trinajstić information content (AvgIpc) is 3.15. The van der Waals surface area contributed by atoms with Gasteiger partial charge in [-0.2, -0.15) is 5.10 Å². The van der Waals surface area contributed by atoms with Crippen molar-refractivity contribution in [2.75, 3.05) is 5.32 Å². The number of hydrogen-bond donors (Lipinski definition) is 3. The molecule has 0 bridgehead atoms. The van der Waals surface area contributed by atoms with Crippen molar-refractivity contribution in [1.82, 2.24) is 15.3 Å². The third-order valence-corrected chi connectivity index (χ3v) is 3.63. The number of amides is 2. The average molecular weight is 312 g/mol. The minimum absolute atomic E-state index is 0.292. The van der Waals surface area contributed by atoms with E-state index in [1.807, 2.05) is 4.68 Å². The van der Waals surface area contributed by atoms with Gasteiger partial charge in [0.1, 0.15) is 0 Å². The quantitative estimate of drug-likeness (QED) is 0.454. The van der Waals surface area contributed by atoms with Gasteiger partial charge in [-0.05, 0) is 36.6 Å². The molecule has 0 radical (unpaired) electrons. The molecule has 2 heterocycles. The van der Waals surface area contributed by atoms with Gasteiger partial charge in [-0.25, -0.2) is 5.48 Å². The largest absolute Gasteiger partial charge is 0.320 e. The molecule has 1 aliphatic heterocycles. The number of hydroxylamine groups is 1. The topological polar surface area (TPSA) is 96.2 Å². The molecular formula is C16H16N4O3. The van der Waals surface area contributed by atoms with Crippen LogP contribution in [0.25, 0.3) is 6.08 Å². The Bertz CT molecular complexity index is 758. The molecule has 2 amide bonds. The third-order valence-electron chi connectivity index (χ3n) is 3.63. The van der Waals surface area contributed by atoms with Gasteiger partial charge >= 0.3 is 0 Å². The SMILES string of the molecule is O=C(C=Cc1ccccc1NC(=O)c1cc2n(n1)CCC2)NO. The fourth-order valence-corrected chi connectivity index (χ4v) is 2.52. The summed E-state index contributed by atoms with van der Waals surface area (Å²) in [5.74, 6) is -0.934. The molecule has 7 nitrogen and oxygen atoms in total. The van der Waals surface area contributed by atoms with E-state index in [1.165, 1.54) is 17.6 Å². The number of nitrogens with one attached hydrogen (secondary N) is 2. The van der Waals surface area contributed by atoms with E-state index in [-0.39, 0.29) is 5.91 Å². The fourth-order valence-electron chi connectivity index (χ4n) is 2.52. The molecule has 1 aromatic carbocycles. The van der Waals surface area contributed by atoms with Crippen LogP contribution in [0, 0.1) is 0 Å². The molecule has 0 spiro atoms. The summed E-state index contributed by atoms with van der Waals surface area (Å²) in [4.78, 5) is 23.4. The smallest absolute Gasteiger partial charge is 0.276 e. The summed E-state index contributed by atoms with van der Waals surface area (Å²) in [6.07, 6.45) is 4.69. The second kappa shape index (κ2) is 6.45. The van der Waals surface area contributed by atoms with Gasteiger partial charge in [-0.1, -0.05) is 18.2 Å². The fraction of sp³-hybridized carbons (Fsp3) is 0.188. The van der Waals surface area contributed by atoms with Crippen LogP contribution in [0.2, 0.25) is 0 Å². The summed E-state index contributed by atoms with van der Waals surface area (Å²) in [5, 5.41) is 15.6. The summed E-state index contributed by atoms with van der Waals surface area (Å²) < 4.78 is 1.85. The first-order valence-corrected chi connectivity index (χ1v) is 7.26. The predicted octanol–water partition coefficient (Wildman–Crippen LogP) is 1.60. The first kappa shape index (κ1) is 15.0. The Hall–Kier alpha value is -2.93. The lowest BCUT2D eigenvalue weighted by molar-refractivity contribution is -0.124. The monoisotopic (exact) mass is 312 g/mol. The highest BCUT2D eigenvalue weighted by molar-refractivity contribution is 6.04. The Morgan fingerprint density at radius 1 is 1.30 bits per heavy atom. The van der Waals surface area contributed by atoms with Crippen LogP contribution in [0.4, 0.5) is 5.69 Å². The van der Waals surface area contributed by atoms with Gasteiger partial charge in [0.05, 0.1) is 0 Å². The van der Waals surface area contributed by atoms with E-state index in [2.05, 4.69) is 10.4 Å². The molecule has 3 N–H and O–H groups in total. The lowest BCUT2D eigenvalue weighted by Gasteiger charge is -2.07. The van der Waals surface area contributed by atoms with Crippen LogP contribution in [0.1, 0.15) is 28.2 Å². The summed E-state index contributed by atoms with van der Waals surface area (Å²) in [6, 6.07) is 8.87. The first-order valence-electron chi connectivity index (χ1n) is 7.26. The van der Waals surface area contributed by atoms with Gasteiger partial charge in [-0.15, -0.1) is 0 Å². The van der Waals surface area contributed by atoms with Crippen molar-refractivity contribution in [3.05, 3.63) is 53.4 Å². The van der Waals surface area contributed by atoms with E-state index in [0.29, 0.717) is 16.9 Å². The Balaban J connectivity index is 1.78. The van der Waals surface area contributed by atoms with Gasteiger partial charge in [0.25, 0.3) is 11.8 Å². The van der Waals surface area contributed by atoms with E-state index in [9.17, 15) is 9.59 Å². The lowest BCUT2D eigenvalue weighted by atomic mass is 10.1. The zero-order valence-corrected chi connectivity index (χ0v) is 12.3. The highest BCUT2D eigenvalue weighted by atomic mass is 16.5. The molecule has 118 valence electrons. The number of fused-ring (bicyclic) bond motifs is 1. The van der Waals surface area contributed by atoms with Gasteiger partial charge < -0.3 is 5.32 Å². The second-order valence-electron chi connectivity index (χ2n) is 5.20. The number of carbonyl (C=O) groups excluding carboxylic acids is 2. The van der Waals surface area contributed by atoms with Crippen molar-refractivity contribution in [3.8, 4) is 0 Å². The lowest BCUT2D eigenvalue weighted by Crippen LogP contribution is -2.15. The molecule has 0 aliphatic carbocycles. The van der Waals surface area contributed by atoms with Crippen LogP contribution in [0.5, 0.6) is 0 Å². The Morgan fingerprint density at radius 3 is 2.91 bits per heavy atom. The van der Waals surface area contributed by atoms with E-state index in [0.717, 1.165) is 25.1 Å². The second-order valence-corrected chi connectivity index (χ2v) is 5.20. The molecule has 0 fully saturated rings. The van der Waals surface area contributed by atoms with Gasteiger partial charge in [-0.3, -0.25) is 19.5 Å². The molecule has 3 rings (SSSR count). The van der Waals surface area contributed by atoms with E-state index >= 15 is 0 Å². The zero-order valence-electron chi connectivity index (χ0n) is 12.3. The van der Waals surface area contributed by atoms with E-state index in [4.69, 9.17) is 5.21 Å². The van der Waals surface area contributed by atoms with Crippen LogP contribution in [-0.4, -0.2) is 26.8 Å². The number of anilines is 1. The summed E-state index contributed by atoms with van der Waals surface area (Å²) in [6.45, 7) is 0.845. The van der Waals surface area contributed by atoms with Crippen molar-refractivity contribution in [1.29, 1.82) is 0 Å². The standard InChI is InChI=1S/C16H16N4O3/c21-15(19-23)8-7-11-4-1-2-6-13(11)17-16(22)14-10-12-5-3-9-20(12)18-14/h1-2,4,6-8,10,23H,3,5,9H2,(H,17,22)(H,19,21). The zero-order chi connectivity index (χ0) is 16.2. The molecule has 0 saturated heterocycles. The molecule has 0 atom stereocenters. The third kappa shape index (κ3) is 3.29. The van der Waals surface area contributed by atoms with Crippen LogP contribution in [0.15, 0.2) is 36.4 Å². The molecule has 1 aromatic heterocycles. The van der Waals surface area contributed by atoms with Gasteiger partial charge in [0.2, 0.25) is 0 Å². The Morgan fingerprint density at radius 2 is 2.13 bits per heavy atom. The maximum atomic E-state index is 12.3. The summed E-state index contributed by atoms with van der Waals surface area (Å²) >= 11 is 0.